The number of alkyl halides is 2. The van der Waals surface area contributed by atoms with Crippen LogP contribution >= 0.6 is 11.3 Å². The average molecular weight is 579 g/mol. The highest BCUT2D eigenvalue weighted by Gasteiger charge is 2.80. The van der Waals surface area contributed by atoms with Crippen molar-refractivity contribution < 1.29 is 37.3 Å². The minimum Gasteiger partial charge on any atom is -0.390 e. The van der Waals surface area contributed by atoms with Gasteiger partial charge >= 0.3 is 0 Å². The van der Waals surface area contributed by atoms with Crippen molar-refractivity contribution in [2.24, 2.45) is 22.7 Å². The number of halogens is 3. The molecule has 0 spiro atoms. The van der Waals surface area contributed by atoms with E-state index in [1.807, 2.05) is 27.7 Å². The Labute approximate surface area is 237 Å². The minimum atomic E-state index is -2.19. The zero-order valence-electron chi connectivity index (χ0n) is 23.5. The lowest BCUT2D eigenvalue weighted by Crippen LogP contribution is -2.70. The first-order valence-electron chi connectivity index (χ1n) is 13.9. The summed E-state index contributed by atoms with van der Waals surface area (Å²) in [6.45, 7) is 12.5. The highest BCUT2D eigenvalue weighted by Crippen LogP contribution is 2.73. The standard InChI is InChI=1S/C31H37F3O5S/c1-16-7-9-28(5)19(11-16)21(33)12-18-17-13-24-31(23(36)15-37-27(2,3)4,29(17,6)14-22(35)30(18,28)34)39-26(38-24)25-20(32)8-10-40-25/h7-11,17-18,21-22,24,26,35H,1,12-15H2,2-6H3/t17-,18-,21-,22-,24+,26+,28-,29-,30-,31+/m0/s1. The molecule has 5 aliphatic rings. The maximum Gasteiger partial charge on any atom is 0.197 e. The molecule has 2 heterocycles. The number of carbonyl (C=O) groups excluding carboxylic acids is 1. The number of fused-ring (bicyclic) bond motifs is 7. The molecule has 40 heavy (non-hydrogen) atoms. The van der Waals surface area contributed by atoms with Crippen LogP contribution in [0, 0.1) is 28.5 Å². The lowest BCUT2D eigenvalue weighted by Gasteiger charge is -2.63. The van der Waals surface area contributed by atoms with Gasteiger partial charge in [-0.25, -0.2) is 13.2 Å². The monoisotopic (exact) mass is 578 g/mol. The smallest absolute Gasteiger partial charge is 0.197 e. The van der Waals surface area contributed by atoms with Crippen LogP contribution in [0.5, 0.6) is 0 Å². The Morgan fingerprint density at radius 1 is 1.27 bits per heavy atom. The van der Waals surface area contributed by atoms with Crippen molar-refractivity contribution >= 4 is 17.1 Å². The maximum absolute atomic E-state index is 17.6. The first kappa shape index (κ1) is 28.3. The number of aliphatic hydroxyl groups is 1. The van der Waals surface area contributed by atoms with Crippen LogP contribution in [0.15, 0.2) is 47.4 Å². The van der Waals surface area contributed by atoms with Crippen LogP contribution in [-0.2, 0) is 19.0 Å². The van der Waals surface area contributed by atoms with E-state index in [1.54, 1.807) is 30.5 Å². The first-order chi connectivity index (χ1) is 18.6. The van der Waals surface area contributed by atoms with Crippen LogP contribution in [0.2, 0.25) is 0 Å². The summed E-state index contributed by atoms with van der Waals surface area (Å²) < 4.78 is 66.8. The summed E-state index contributed by atoms with van der Waals surface area (Å²) in [5, 5.41) is 13.3. The van der Waals surface area contributed by atoms with Gasteiger partial charge in [-0.05, 0) is 75.5 Å². The van der Waals surface area contributed by atoms with Gasteiger partial charge in [-0.3, -0.25) is 4.79 Å². The molecule has 0 aromatic carbocycles. The fourth-order valence-corrected chi connectivity index (χ4v) is 9.23. The van der Waals surface area contributed by atoms with Gasteiger partial charge in [0.1, 0.15) is 18.6 Å². The Morgan fingerprint density at radius 3 is 2.65 bits per heavy atom. The number of ketones is 1. The molecule has 5 nitrogen and oxygen atoms in total. The summed E-state index contributed by atoms with van der Waals surface area (Å²) in [5.41, 5.74) is -6.09. The molecule has 1 aromatic heterocycles. The van der Waals surface area contributed by atoms with Gasteiger partial charge in [-0.2, -0.15) is 0 Å². The van der Waals surface area contributed by atoms with Crippen molar-refractivity contribution in [3.05, 3.63) is 58.1 Å². The number of hydrogen-bond acceptors (Lipinski definition) is 6. The van der Waals surface area contributed by atoms with Crippen molar-refractivity contribution in [3.63, 3.8) is 0 Å². The molecule has 3 saturated carbocycles. The summed E-state index contributed by atoms with van der Waals surface area (Å²) in [6, 6.07) is 1.31. The van der Waals surface area contributed by atoms with Crippen molar-refractivity contribution in [2.75, 3.05) is 6.61 Å². The Kier molecular flexibility index (Phi) is 6.28. The van der Waals surface area contributed by atoms with E-state index in [0.29, 0.717) is 5.57 Å². The summed E-state index contributed by atoms with van der Waals surface area (Å²) in [4.78, 5) is 14.4. The summed E-state index contributed by atoms with van der Waals surface area (Å²) >= 11 is 1.12. The van der Waals surface area contributed by atoms with E-state index < -0.39 is 75.8 Å². The molecule has 9 heteroatoms. The molecule has 4 aliphatic carbocycles. The fourth-order valence-electron chi connectivity index (χ4n) is 8.50. The second-order valence-electron chi connectivity index (χ2n) is 13.5. The molecule has 10 atom stereocenters. The number of hydrogen-bond donors (Lipinski definition) is 1. The van der Waals surface area contributed by atoms with Gasteiger partial charge in [0.15, 0.2) is 23.3 Å². The molecule has 1 aromatic rings. The van der Waals surface area contributed by atoms with Crippen LogP contribution in [0.3, 0.4) is 0 Å². The van der Waals surface area contributed by atoms with Crippen LogP contribution in [0.25, 0.3) is 0 Å². The normalized spacial score (nSPS) is 45.9. The Hall–Kier alpha value is -1.78. The molecular formula is C31H37F3O5S. The van der Waals surface area contributed by atoms with Crippen molar-refractivity contribution in [2.45, 2.75) is 95.4 Å². The summed E-state index contributed by atoms with van der Waals surface area (Å²) in [6.07, 6.45) is -0.0916. The van der Waals surface area contributed by atoms with Gasteiger partial charge in [0.25, 0.3) is 0 Å². The molecule has 4 fully saturated rings. The predicted molar refractivity (Wildman–Crippen MR) is 145 cm³/mol. The van der Waals surface area contributed by atoms with E-state index in [2.05, 4.69) is 6.58 Å². The van der Waals surface area contributed by atoms with Gasteiger partial charge in [-0.1, -0.05) is 31.7 Å². The third-order valence-corrected chi connectivity index (χ3v) is 11.3. The fraction of sp³-hybridized carbons (Fsp3) is 0.645. The highest BCUT2D eigenvalue weighted by molar-refractivity contribution is 7.10. The number of allylic oxidation sites excluding steroid dienone is 5. The van der Waals surface area contributed by atoms with Gasteiger partial charge < -0.3 is 19.3 Å². The second-order valence-corrected chi connectivity index (χ2v) is 14.5. The molecule has 0 unspecified atom stereocenters. The van der Waals surface area contributed by atoms with Gasteiger partial charge in [0.2, 0.25) is 0 Å². The predicted octanol–water partition coefficient (Wildman–Crippen LogP) is 6.34. The zero-order chi connectivity index (χ0) is 29.0. The Morgan fingerprint density at radius 2 is 2.00 bits per heavy atom. The Balaban J connectivity index is 1.45. The third kappa shape index (κ3) is 3.57. The number of ether oxygens (including phenoxy) is 3. The number of Topliss-reactive ketones (excluding diaryl/α,β-unsaturated/α-hetero) is 1. The van der Waals surface area contributed by atoms with Crippen LogP contribution in [-0.4, -0.2) is 52.7 Å². The van der Waals surface area contributed by atoms with Crippen LogP contribution in [0.4, 0.5) is 13.2 Å². The van der Waals surface area contributed by atoms with Crippen LogP contribution in [0.1, 0.15) is 65.0 Å². The lowest BCUT2D eigenvalue weighted by molar-refractivity contribution is -0.235. The molecule has 0 radical (unpaired) electrons. The average Bonchev–Trinajstić information content (AvgIpc) is 3.52. The molecule has 218 valence electrons. The maximum atomic E-state index is 17.6. The minimum absolute atomic E-state index is 0.111. The lowest BCUT2D eigenvalue weighted by atomic mass is 9.44. The van der Waals surface area contributed by atoms with Crippen molar-refractivity contribution in [1.29, 1.82) is 0 Å². The number of rotatable bonds is 4. The SMILES string of the molecule is C=C1C=C[C@@]2(C)C(=C1)[C@@H](F)C[C@H]1[C@@H]3C[C@H]4O[C@@H](c5sccc5F)O[C@@]4(C(=O)COC(C)(C)C)[C@@]3(C)C[C@H](O)[C@@]12F. The van der Waals surface area contributed by atoms with E-state index in [-0.39, 0.29) is 36.3 Å². The number of carbonyl (C=O) groups is 1. The van der Waals surface area contributed by atoms with Gasteiger partial charge in [0, 0.05) is 16.7 Å². The molecular weight excluding hydrogens is 541 g/mol. The topological polar surface area (TPSA) is 65.0 Å². The third-order valence-electron chi connectivity index (χ3n) is 10.4. The highest BCUT2D eigenvalue weighted by atomic mass is 32.1. The van der Waals surface area contributed by atoms with Gasteiger partial charge in [0.05, 0.1) is 22.7 Å². The van der Waals surface area contributed by atoms with Crippen molar-refractivity contribution in [1.82, 2.24) is 0 Å². The van der Waals surface area contributed by atoms with E-state index in [0.717, 1.165) is 11.3 Å². The zero-order valence-corrected chi connectivity index (χ0v) is 24.3. The first-order valence-corrected chi connectivity index (χ1v) is 14.8. The van der Waals surface area contributed by atoms with Crippen LogP contribution < -0.4 is 0 Å². The quantitative estimate of drug-likeness (QED) is 0.452. The molecule has 1 saturated heterocycles. The van der Waals surface area contributed by atoms with Crippen molar-refractivity contribution in [3.8, 4) is 0 Å². The van der Waals surface area contributed by atoms with E-state index in [9.17, 15) is 14.3 Å². The number of aliphatic hydroxyl groups excluding tert-OH is 1. The van der Waals surface area contributed by atoms with E-state index >= 15 is 8.78 Å². The summed E-state index contributed by atoms with van der Waals surface area (Å²) in [7, 11) is 0. The summed E-state index contributed by atoms with van der Waals surface area (Å²) in [5.74, 6) is -2.36. The Bertz CT molecular complexity index is 1320. The molecule has 1 aliphatic heterocycles. The van der Waals surface area contributed by atoms with Gasteiger partial charge in [-0.15, -0.1) is 11.3 Å². The van der Waals surface area contributed by atoms with E-state index in [4.69, 9.17) is 14.2 Å². The number of thiophene rings is 1. The molecule has 0 bridgehead atoms. The molecule has 0 amide bonds. The van der Waals surface area contributed by atoms with E-state index in [1.165, 1.54) is 6.07 Å². The largest absolute Gasteiger partial charge is 0.390 e. The molecule has 6 rings (SSSR count). The second kappa shape index (κ2) is 8.86. The molecule has 1 N–H and O–H groups in total.